The Morgan fingerprint density at radius 2 is 1.89 bits per heavy atom. The monoisotopic (exact) mass is 492 g/mol. The van der Waals surface area contributed by atoms with Crippen LogP contribution >= 0.6 is 0 Å². The van der Waals surface area contributed by atoms with E-state index in [-0.39, 0.29) is 41.3 Å². The van der Waals surface area contributed by atoms with Crippen molar-refractivity contribution in [1.29, 1.82) is 0 Å². The number of carboxylic acids is 1. The van der Waals surface area contributed by atoms with E-state index in [1.54, 1.807) is 23.6 Å². The van der Waals surface area contributed by atoms with E-state index in [0.717, 1.165) is 24.2 Å². The minimum atomic E-state index is -1.11. The first-order valence-electron chi connectivity index (χ1n) is 11.5. The van der Waals surface area contributed by atoms with Gasteiger partial charge < -0.3 is 19.5 Å². The highest BCUT2D eigenvalue weighted by Crippen LogP contribution is 2.44. The first kappa shape index (κ1) is 23.5. The second kappa shape index (κ2) is 9.07. The molecular weight excluding hydrogens is 470 g/mol. The van der Waals surface area contributed by atoms with Crippen LogP contribution in [0.5, 0.6) is 5.88 Å². The molecule has 0 amide bonds. The average Bonchev–Trinajstić information content (AvgIpc) is 3.43. The van der Waals surface area contributed by atoms with Crippen LogP contribution in [0.2, 0.25) is 0 Å². The summed E-state index contributed by atoms with van der Waals surface area (Å²) < 4.78 is 35.2. The first-order valence-corrected chi connectivity index (χ1v) is 11.5. The third kappa shape index (κ3) is 3.86. The second-order valence-electron chi connectivity index (χ2n) is 8.57. The number of aromatic nitrogens is 2. The van der Waals surface area contributed by atoms with Gasteiger partial charge in [-0.1, -0.05) is 18.2 Å². The van der Waals surface area contributed by atoms with Crippen LogP contribution in [0, 0.1) is 11.6 Å². The van der Waals surface area contributed by atoms with E-state index in [0.29, 0.717) is 35.0 Å². The molecule has 0 aliphatic carbocycles. The Balaban J connectivity index is 1.84. The van der Waals surface area contributed by atoms with E-state index < -0.39 is 23.6 Å². The van der Waals surface area contributed by atoms with Crippen LogP contribution in [0.3, 0.4) is 0 Å². The van der Waals surface area contributed by atoms with Crippen molar-refractivity contribution in [2.45, 2.75) is 32.7 Å². The molecule has 36 heavy (non-hydrogen) atoms. The molecule has 0 spiro atoms. The minimum Gasteiger partial charge on any atom is -0.494 e. The van der Waals surface area contributed by atoms with E-state index in [1.165, 1.54) is 18.2 Å². The van der Waals surface area contributed by atoms with Crippen molar-refractivity contribution in [2.24, 2.45) is 0 Å². The molecule has 5 rings (SSSR count). The average molecular weight is 492 g/mol. The Morgan fingerprint density at radius 1 is 1.14 bits per heavy atom. The maximum Gasteiger partial charge on any atom is 0.340 e. The first-order chi connectivity index (χ1) is 17.3. The molecule has 0 atom stereocenters. The van der Waals surface area contributed by atoms with Crippen LogP contribution in [0.4, 0.5) is 8.78 Å². The molecule has 9 heteroatoms. The molecule has 0 saturated carbocycles. The number of fused-ring (bicyclic) bond motifs is 3. The third-order valence-electron chi connectivity index (χ3n) is 6.42. The molecule has 2 N–H and O–H groups in total. The van der Waals surface area contributed by atoms with Gasteiger partial charge in [-0.3, -0.25) is 0 Å². The highest BCUT2D eigenvalue weighted by Gasteiger charge is 2.31. The number of pyridine rings is 1. The molecule has 1 aliphatic heterocycles. The molecule has 4 aromatic rings. The van der Waals surface area contributed by atoms with Crippen molar-refractivity contribution in [1.82, 2.24) is 9.55 Å². The minimum absolute atomic E-state index is 0.0377. The predicted molar refractivity (Wildman–Crippen MR) is 127 cm³/mol. The number of esters is 1. The van der Waals surface area contributed by atoms with E-state index >= 15 is 0 Å². The summed E-state index contributed by atoms with van der Waals surface area (Å²) in [5.74, 6) is -3.37. The lowest BCUT2D eigenvalue weighted by molar-refractivity contribution is 0.0525. The number of aromatic carboxylic acids is 1. The lowest BCUT2D eigenvalue weighted by Crippen LogP contribution is -2.13. The molecule has 0 fully saturated rings. The van der Waals surface area contributed by atoms with E-state index in [9.17, 15) is 28.6 Å². The zero-order valence-corrected chi connectivity index (χ0v) is 19.3. The number of nitrogens with zero attached hydrogens (tertiary/aromatic N) is 2. The van der Waals surface area contributed by atoms with Crippen LogP contribution in [0.25, 0.3) is 22.0 Å². The fraction of sp³-hybridized carbons (Fsp3) is 0.222. The van der Waals surface area contributed by atoms with Crippen molar-refractivity contribution in [3.8, 4) is 17.0 Å². The van der Waals surface area contributed by atoms with Crippen LogP contribution in [0.15, 0.2) is 42.5 Å². The van der Waals surface area contributed by atoms with Crippen molar-refractivity contribution in [2.75, 3.05) is 6.61 Å². The van der Waals surface area contributed by atoms with Crippen molar-refractivity contribution in [3.63, 3.8) is 0 Å². The summed E-state index contributed by atoms with van der Waals surface area (Å²) in [7, 11) is 0. The zero-order chi connectivity index (χ0) is 25.6. The normalized spacial score (nSPS) is 12.6. The number of hydrogen-bond acceptors (Lipinski definition) is 5. The molecule has 7 nitrogen and oxygen atoms in total. The van der Waals surface area contributed by atoms with E-state index in [4.69, 9.17) is 9.72 Å². The summed E-state index contributed by atoms with van der Waals surface area (Å²) >= 11 is 0. The lowest BCUT2D eigenvalue weighted by Gasteiger charge is -2.16. The van der Waals surface area contributed by atoms with Gasteiger partial charge in [0.25, 0.3) is 0 Å². The van der Waals surface area contributed by atoms with Crippen molar-refractivity contribution >= 4 is 22.8 Å². The van der Waals surface area contributed by atoms with Crippen LogP contribution in [0.1, 0.15) is 51.0 Å². The predicted octanol–water partition coefficient (Wildman–Crippen LogP) is 5.10. The van der Waals surface area contributed by atoms with Gasteiger partial charge in [-0.15, -0.1) is 0 Å². The number of carbonyl (C=O) groups excluding carboxylic acids is 1. The van der Waals surface area contributed by atoms with Gasteiger partial charge in [0.1, 0.15) is 11.6 Å². The topological polar surface area (TPSA) is 102 Å². The molecule has 3 heterocycles. The highest BCUT2D eigenvalue weighted by molar-refractivity contribution is 6.11. The SMILES string of the molecule is CCOC(=O)c1c(Cc2ccc(F)cc2F)nc2c3n(c(O)c2c1-c1ccc(C(=O)O)cc1)CCC3. The fourth-order valence-electron chi connectivity index (χ4n) is 4.82. The van der Waals surface area contributed by atoms with Crippen molar-refractivity contribution in [3.05, 3.63) is 82.2 Å². The van der Waals surface area contributed by atoms with Crippen LogP contribution in [-0.4, -0.2) is 38.3 Å². The molecule has 0 bridgehead atoms. The Hall–Kier alpha value is -4.27. The van der Waals surface area contributed by atoms with E-state index in [1.807, 2.05) is 0 Å². The van der Waals surface area contributed by atoms with Crippen molar-refractivity contribution < 1.29 is 33.3 Å². The van der Waals surface area contributed by atoms with Gasteiger partial charge in [0.2, 0.25) is 5.88 Å². The fourth-order valence-corrected chi connectivity index (χ4v) is 4.82. The number of ether oxygens (including phenoxy) is 1. The van der Waals surface area contributed by atoms with E-state index in [2.05, 4.69) is 0 Å². The number of aryl methyl sites for hydroxylation is 1. The smallest absolute Gasteiger partial charge is 0.340 e. The summed E-state index contributed by atoms with van der Waals surface area (Å²) in [6.45, 7) is 2.29. The summed E-state index contributed by atoms with van der Waals surface area (Å²) in [6, 6.07) is 9.10. The number of rotatable bonds is 6. The largest absolute Gasteiger partial charge is 0.494 e. The second-order valence-corrected chi connectivity index (χ2v) is 8.57. The Labute approximate surface area is 204 Å². The maximum atomic E-state index is 14.6. The summed E-state index contributed by atoms with van der Waals surface area (Å²) in [5.41, 5.74) is 2.51. The van der Waals surface area contributed by atoms with Crippen LogP contribution < -0.4 is 0 Å². The Kier molecular flexibility index (Phi) is 5.91. The Morgan fingerprint density at radius 3 is 2.56 bits per heavy atom. The summed E-state index contributed by atoms with van der Waals surface area (Å²) in [4.78, 5) is 29.4. The number of benzene rings is 2. The highest BCUT2D eigenvalue weighted by atomic mass is 19.1. The number of carbonyl (C=O) groups is 2. The molecule has 0 radical (unpaired) electrons. The van der Waals surface area contributed by atoms with Crippen LogP contribution in [-0.2, 0) is 24.1 Å². The Bertz CT molecular complexity index is 1530. The van der Waals surface area contributed by atoms with Gasteiger partial charge >= 0.3 is 11.9 Å². The molecular formula is C27H22F2N2O5. The third-order valence-corrected chi connectivity index (χ3v) is 6.42. The molecule has 0 saturated heterocycles. The van der Waals surface area contributed by atoms with Gasteiger partial charge in [-0.25, -0.2) is 23.4 Å². The molecule has 184 valence electrons. The number of carboxylic acid groups (broad SMARTS) is 1. The zero-order valence-electron chi connectivity index (χ0n) is 19.3. The van der Waals surface area contributed by atoms with Gasteiger partial charge in [0.05, 0.1) is 34.3 Å². The number of aromatic hydroxyl groups is 1. The molecule has 2 aromatic carbocycles. The van der Waals surface area contributed by atoms with Gasteiger partial charge in [-0.05, 0) is 49.1 Å². The standard InChI is InChI=1S/C27H22F2N2O5/c1-2-36-27(35)22-19(12-16-9-10-17(28)13-18(16)29)30-24-20-4-3-11-31(20)25(32)23(24)21(22)14-5-7-15(8-6-14)26(33)34/h5-10,13,32H,2-4,11-12H2,1H3,(H,33,34). The summed E-state index contributed by atoms with van der Waals surface area (Å²) in [6.07, 6.45) is 1.34. The number of hydrogen-bond donors (Lipinski definition) is 2. The quantitative estimate of drug-likeness (QED) is 0.363. The molecule has 2 aromatic heterocycles. The molecule has 1 aliphatic rings. The van der Waals surface area contributed by atoms with Gasteiger partial charge in [-0.2, -0.15) is 0 Å². The molecule has 0 unspecified atom stereocenters. The summed E-state index contributed by atoms with van der Waals surface area (Å²) in [5, 5.41) is 20.8. The lowest BCUT2D eigenvalue weighted by atomic mass is 9.92. The number of halogens is 2. The van der Waals surface area contributed by atoms with Gasteiger partial charge in [0.15, 0.2) is 0 Å². The van der Waals surface area contributed by atoms with Gasteiger partial charge in [0, 0.05) is 30.3 Å². The maximum absolute atomic E-state index is 14.6.